The van der Waals surface area contributed by atoms with Crippen LogP contribution in [0.2, 0.25) is 0 Å². The standard InChI is InChI=1S/C14H18N4/c1-18(11-5-4-8-15-9-11)14-10-16-12-6-2-3-7-13(12)17-14/h2-3,6-7,10-11,15H,4-5,8-9H2,1H3. The van der Waals surface area contributed by atoms with E-state index in [4.69, 9.17) is 0 Å². The fourth-order valence-corrected chi connectivity index (χ4v) is 2.47. The number of hydrogen-bond acceptors (Lipinski definition) is 4. The van der Waals surface area contributed by atoms with E-state index < -0.39 is 0 Å². The van der Waals surface area contributed by atoms with E-state index in [-0.39, 0.29) is 0 Å². The number of hydrogen-bond donors (Lipinski definition) is 1. The van der Waals surface area contributed by atoms with Crippen LogP contribution in [0.25, 0.3) is 11.0 Å². The predicted molar refractivity (Wildman–Crippen MR) is 73.8 cm³/mol. The summed E-state index contributed by atoms with van der Waals surface area (Å²) < 4.78 is 0. The lowest BCUT2D eigenvalue weighted by Crippen LogP contribution is -2.44. The molecule has 1 unspecified atom stereocenters. The Balaban J connectivity index is 1.88. The van der Waals surface area contributed by atoms with Gasteiger partial charge in [0.15, 0.2) is 0 Å². The highest BCUT2D eigenvalue weighted by atomic mass is 15.2. The van der Waals surface area contributed by atoms with Gasteiger partial charge >= 0.3 is 0 Å². The van der Waals surface area contributed by atoms with Gasteiger partial charge in [-0.1, -0.05) is 12.1 Å². The maximum atomic E-state index is 4.69. The summed E-state index contributed by atoms with van der Waals surface area (Å²) in [5, 5.41) is 3.43. The van der Waals surface area contributed by atoms with E-state index in [1.807, 2.05) is 30.5 Å². The zero-order valence-electron chi connectivity index (χ0n) is 10.6. The van der Waals surface area contributed by atoms with Crippen molar-refractivity contribution in [2.45, 2.75) is 18.9 Å². The van der Waals surface area contributed by atoms with Crippen molar-refractivity contribution < 1.29 is 0 Å². The second-order valence-corrected chi connectivity index (χ2v) is 4.83. The molecule has 94 valence electrons. The Morgan fingerprint density at radius 1 is 1.28 bits per heavy atom. The summed E-state index contributed by atoms with van der Waals surface area (Å²) in [6.45, 7) is 2.17. The number of likely N-dealkylation sites (N-methyl/N-ethyl adjacent to an activating group) is 1. The van der Waals surface area contributed by atoms with Crippen LogP contribution in [0.1, 0.15) is 12.8 Å². The van der Waals surface area contributed by atoms with Crippen molar-refractivity contribution >= 4 is 16.9 Å². The van der Waals surface area contributed by atoms with Crippen molar-refractivity contribution in [3.05, 3.63) is 30.5 Å². The molecule has 1 aliphatic rings. The maximum Gasteiger partial charge on any atom is 0.147 e. The third-order valence-electron chi connectivity index (χ3n) is 3.62. The van der Waals surface area contributed by atoms with Gasteiger partial charge in [-0.05, 0) is 31.5 Å². The minimum atomic E-state index is 0.522. The number of nitrogens with zero attached hydrogens (tertiary/aromatic N) is 3. The molecule has 0 aliphatic carbocycles. The molecule has 4 heteroatoms. The lowest BCUT2D eigenvalue weighted by Gasteiger charge is -2.32. The summed E-state index contributed by atoms with van der Waals surface area (Å²) in [5.41, 5.74) is 1.92. The monoisotopic (exact) mass is 242 g/mol. The number of rotatable bonds is 2. The van der Waals surface area contributed by atoms with Gasteiger partial charge in [-0.2, -0.15) is 0 Å². The molecule has 1 aliphatic heterocycles. The fourth-order valence-electron chi connectivity index (χ4n) is 2.47. The number of fused-ring (bicyclic) bond motifs is 1. The van der Waals surface area contributed by atoms with E-state index in [9.17, 15) is 0 Å². The molecule has 3 rings (SSSR count). The fraction of sp³-hybridized carbons (Fsp3) is 0.429. The topological polar surface area (TPSA) is 41.1 Å². The molecule has 2 aromatic rings. The summed E-state index contributed by atoms with van der Waals surface area (Å²) >= 11 is 0. The van der Waals surface area contributed by atoms with Crippen molar-refractivity contribution in [2.24, 2.45) is 0 Å². The van der Waals surface area contributed by atoms with Crippen molar-refractivity contribution in [2.75, 3.05) is 25.0 Å². The lowest BCUT2D eigenvalue weighted by molar-refractivity contribution is 0.443. The molecule has 1 N–H and O–H groups in total. The van der Waals surface area contributed by atoms with Crippen LogP contribution in [0, 0.1) is 0 Å². The first kappa shape index (κ1) is 11.4. The Morgan fingerprint density at radius 3 is 2.89 bits per heavy atom. The summed E-state index contributed by atoms with van der Waals surface area (Å²) in [5.74, 6) is 0.961. The highest BCUT2D eigenvalue weighted by Crippen LogP contribution is 2.18. The minimum absolute atomic E-state index is 0.522. The highest BCUT2D eigenvalue weighted by molar-refractivity contribution is 5.75. The summed E-state index contributed by atoms with van der Waals surface area (Å²) in [6.07, 6.45) is 4.32. The van der Waals surface area contributed by atoms with E-state index >= 15 is 0 Å². The molecule has 1 aromatic heterocycles. The first-order valence-corrected chi connectivity index (χ1v) is 6.50. The number of benzene rings is 1. The van der Waals surface area contributed by atoms with Gasteiger partial charge in [-0.25, -0.2) is 4.98 Å². The second-order valence-electron chi connectivity index (χ2n) is 4.83. The first-order chi connectivity index (χ1) is 8.84. The van der Waals surface area contributed by atoms with E-state index in [1.165, 1.54) is 12.8 Å². The SMILES string of the molecule is CN(c1cnc2ccccc2n1)C1CCCNC1. The maximum absolute atomic E-state index is 4.69. The molecule has 1 fully saturated rings. The van der Waals surface area contributed by atoms with Crippen molar-refractivity contribution in [1.82, 2.24) is 15.3 Å². The Labute approximate surface area is 107 Å². The average molecular weight is 242 g/mol. The van der Waals surface area contributed by atoms with Gasteiger partial charge in [0.1, 0.15) is 5.82 Å². The smallest absolute Gasteiger partial charge is 0.147 e. The van der Waals surface area contributed by atoms with Gasteiger partial charge in [-0.3, -0.25) is 4.98 Å². The van der Waals surface area contributed by atoms with Gasteiger partial charge in [0.05, 0.1) is 17.2 Å². The third kappa shape index (κ3) is 2.16. The molecule has 1 atom stereocenters. The van der Waals surface area contributed by atoms with E-state index in [0.29, 0.717) is 6.04 Å². The number of aromatic nitrogens is 2. The Hall–Kier alpha value is -1.68. The van der Waals surface area contributed by atoms with Crippen LogP contribution < -0.4 is 10.2 Å². The molecule has 0 spiro atoms. The molecule has 0 radical (unpaired) electrons. The zero-order valence-corrected chi connectivity index (χ0v) is 10.6. The second kappa shape index (κ2) is 4.90. The van der Waals surface area contributed by atoms with Gasteiger partial charge < -0.3 is 10.2 Å². The van der Waals surface area contributed by atoms with E-state index in [2.05, 4.69) is 27.2 Å². The number of nitrogens with one attached hydrogen (secondary N) is 1. The van der Waals surface area contributed by atoms with E-state index in [0.717, 1.165) is 29.9 Å². The molecular weight excluding hydrogens is 224 g/mol. The molecule has 1 saturated heterocycles. The van der Waals surface area contributed by atoms with Gasteiger partial charge in [0.2, 0.25) is 0 Å². The molecule has 0 bridgehead atoms. The normalized spacial score (nSPS) is 19.9. The largest absolute Gasteiger partial charge is 0.354 e. The Bertz CT molecular complexity index is 534. The molecule has 4 nitrogen and oxygen atoms in total. The van der Waals surface area contributed by atoms with Crippen LogP contribution in [0.4, 0.5) is 5.82 Å². The minimum Gasteiger partial charge on any atom is -0.354 e. The van der Waals surface area contributed by atoms with Crippen LogP contribution in [-0.4, -0.2) is 36.1 Å². The van der Waals surface area contributed by atoms with Gasteiger partial charge in [-0.15, -0.1) is 0 Å². The van der Waals surface area contributed by atoms with Crippen LogP contribution in [-0.2, 0) is 0 Å². The molecule has 0 amide bonds. The summed E-state index contributed by atoms with van der Waals surface area (Å²) in [4.78, 5) is 11.4. The van der Waals surface area contributed by atoms with Crippen molar-refractivity contribution in [3.63, 3.8) is 0 Å². The highest BCUT2D eigenvalue weighted by Gasteiger charge is 2.19. The van der Waals surface area contributed by atoms with Crippen molar-refractivity contribution in [3.8, 4) is 0 Å². The Kier molecular flexibility index (Phi) is 3.11. The third-order valence-corrected chi connectivity index (χ3v) is 3.62. The zero-order chi connectivity index (χ0) is 12.4. The average Bonchev–Trinajstić information content (AvgIpc) is 2.47. The van der Waals surface area contributed by atoms with Crippen LogP contribution in [0.5, 0.6) is 0 Å². The van der Waals surface area contributed by atoms with Crippen LogP contribution in [0.3, 0.4) is 0 Å². The molecule has 1 aromatic carbocycles. The van der Waals surface area contributed by atoms with Crippen LogP contribution in [0.15, 0.2) is 30.5 Å². The van der Waals surface area contributed by atoms with Gasteiger partial charge in [0, 0.05) is 19.6 Å². The predicted octanol–water partition coefficient (Wildman–Crippen LogP) is 1.82. The van der Waals surface area contributed by atoms with Crippen molar-refractivity contribution in [1.29, 1.82) is 0 Å². The number of anilines is 1. The molecular formula is C14H18N4. The molecule has 18 heavy (non-hydrogen) atoms. The van der Waals surface area contributed by atoms with Crippen LogP contribution >= 0.6 is 0 Å². The van der Waals surface area contributed by atoms with E-state index in [1.54, 1.807) is 0 Å². The molecule has 2 heterocycles. The lowest BCUT2D eigenvalue weighted by atomic mass is 10.1. The van der Waals surface area contributed by atoms with Gasteiger partial charge in [0.25, 0.3) is 0 Å². The summed E-state index contributed by atoms with van der Waals surface area (Å²) in [7, 11) is 2.11. The number of piperidine rings is 1. The Morgan fingerprint density at radius 2 is 2.11 bits per heavy atom. The number of para-hydroxylation sites is 2. The molecule has 0 saturated carbocycles. The summed E-state index contributed by atoms with van der Waals surface area (Å²) in [6, 6.07) is 8.52. The quantitative estimate of drug-likeness (QED) is 0.872. The first-order valence-electron chi connectivity index (χ1n) is 6.50.